The van der Waals surface area contributed by atoms with Crippen LogP contribution in [-0.2, 0) is 17.2 Å². The first-order chi connectivity index (χ1) is 14.7. The molecule has 0 radical (unpaired) electrons. The second kappa shape index (κ2) is 9.72. The van der Waals surface area contributed by atoms with Gasteiger partial charge < -0.3 is 0 Å². The van der Waals surface area contributed by atoms with Crippen molar-refractivity contribution in [2.75, 3.05) is 5.75 Å². The lowest BCUT2D eigenvalue weighted by Gasteiger charge is -2.24. The Morgan fingerprint density at radius 3 is 2.61 bits per heavy atom. The topological polar surface area (TPSA) is 53.8 Å². The van der Waals surface area contributed by atoms with Crippen LogP contribution in [0.15, 0.2) is 60.8 Å². The number of nitriles is 1. The van der Waals surface area contributed by atoms with Crippen molar-refractivity contribution in [3.8, 4) is 17.2 Å². The van der Waals surface area contributed by atoms with Gasteiger partial charge in [-0.1, -0.05) is 29.8 Å². The minimum Gasteiger partial charge on any atom is -0.260 e. The van der Waals surface area contributed by atoms with Gasteiger partial charge in [0.1, 0.15) is 5.82 Å². The van der Waals surface area contributed by atoms with Crippen molar-refractivity contribution in [3.05, 3.63) is 88.5 Å². The van der Waals surface area contributed by atoms with Crippen LogP contribution in [0.4, 0.5) is 4.39 Å². The van der Waals surface area contributed by atoms with Crippen molar-refractivity contribution >= 4 is 22.4 Å². The highest BCUT2D eigenvalue weighted by molar-refractivity contribution is 7.86. The van der Waals surface area contributed by atoms with E-state index in [1.54, 1.807) is 18.3 Å². The lowest BCUT2D eigenvalue weighted by Crippen LogP contribution is -2.28. The Hall–Kier alpha value is -2.55. The van der Waals surface area contributed by atoms with Gasteiger partial charge >= 0.3 is 0 Å². The molecule has 3 nitrogen and oxygen atoms in total. The number of benzene rings is 2. The van der Waals surface area contributed by atoms with E-state index in [2.05, 4.69) is 11.1 Å². The fourth-order valence-corrected chi connectivity index (χ4v) is 4.81. The summed E-state index contributed by atoms with van der Waals surface area (Å²) in [5, 5.41) is 9.62. The summed E-state index contributed by atoms with van der Waals surface area (Å²) in [6, 6.07) is 17.7. The molecule has 0 fully saturated rings. The van der Waals surface area contributed by atoms with E-state index in [1.165, 1.54) is 12.1 Å². The van der Waals surface area contributed by atoms with Gasteiger partial charge in [0.15, 0.2) is 0 Å². The first kappa shape index (κ1) is 23.1. The molecule has 31 heavy (non-hydrogen) atoms. The summed E-state index contributed by atoms with van der Waals surface area (Å²) in [7, 11) is -1.14. The van der Waals surface area contributed by atoms with Gasteiger partial charge in [0.2, 0.25) is 0 Å². The van der Waals surface area contributed by atoms with Crippen molar-refractivity contribution in [2.45, 2.75) is 37.9 Å². The summed E-state index contributed by atoms with van der Waals surface area (Å²) in [6.07, 6.45) is 2.15. The zero-order valence-electron chi connectivity index (χ0n) is 17.7. The van der Waals surface area contributed by atoms with Gasteiger partial charge in [0.05, 0.1) is 17.3 Å². The summed E-state index contributed by atoms with van der Waals surface area (Å²) < 4.78 is 26.6. The average Bonchev–Trinajstić information content (AvgIpc) is 2.72. The normalized spacial score (nSPS) is 13.4. The monoisotopic (exact) mass is 454 g/mol. The van der Waals surface area contributed by atoms with E-state index >= 15 is 0 Å². The number of aromatic nitrogens is 1. The minimum atomic E-state index is -1.14. The predicted molar refractivity (Wildman–Crippen MR) is 125 cm³/mol. The third-order valence-electron chi connectivity index (χ3n) is 4.97. The first-order valence-electron chi connectivity index (χ1n) is 9.96. The molecular formula is C25H24ClFN2OS. The van der Waals surface area contributed by atoms with Crippen LogP contribution in [0, 0.1) is 17.1 Å². The summed E-state index contributed by atoms with van der Waals surface area (Å²) in [5.41, 5.74) is 3.79. The molecule has 0 aliphatic heterocycles. The molecule has 0 amide bonds. The summed E-state index contributed by atoms with van der Waals surface area (Å²) in [5.74, 6) is -0.249. The highest BCUT2D eigenvalue weighted by atomic mass is 35.5. The number of halogens is 2. The highest BCUT2D eigenvalue weighted by Crippen LogP contribution is 2.33. The van der Waals surface area contributed by atoms with Crippen LogP contribution in [0.3, 0.4) is 0 Å². The Bertz CT molecular complexity index is 1130. The molecule has 3 rings (SSSR count). The van der Waals surface area contributed by atoms with Crippen LogP contribution < -0.4 is 0 Å². The van der Waals surface area contributed by atoms with Gasteiger partial charge in [-0.3, -0.25) is 9.19 Å². The Morgan fingerprint density at radius 1 is 1.16 bits per heavy atom. The average molecular weight is 455 g/mol. The molecule has 0 saturated heterocycles. The van der Waals surface area contributed by atoms with Gasteiger partial charge in [-0.05, 0) is 74.7 Å². The molecule has 0 aliphatic rings. The fraction of sp³-hybridized carbons (Fsp3) is 0.280. The van der Waals surface area contributed by atoms with Crippen molar-refractivity contribution in [3.63, 3.8) is 0 Å². The molecule has 0 spiro atoms. The quantitative estimate of drug-likeness (QED) is 0.440. The maximum absolute atomic E-state index is 14.0. The van der Waals surface area contributed by atoms with E-state index in [0.29, 0.717) is 22.8 Å². The Kier molecular flexibility index (Phi) is 7.25. The lowest BCUT2D eigenvalue weighted by atomic mass is 9.91. The molecule has 0 unspecified atom stereocenters. The molecule has 3 aromatic rings. The molecule has 6 heteroatoms. The van der Waals surface area contributed by atoms with Gasteiger partial charge in [0.25, 0.3) is 0 Å². The van der Waals surface area contributed by atoms with Crippen molar-refractivity contribution < 1.29 is 8.60 Å². The molecular weight excluding hydrogens is 431 g/mol. The SMILES string of the molecule is CC(C)(C)[S@](=O)C[C@@H](Cc1cc(F)cc(Cl)c1)c1ncccc1-c1cccc(C#N)c1. The minimum absolute atomic E-state index is 0.222. The molecule has 0 aliphatic carbocycles. The zero-order chi connectivity index (χ0) is 22.6. The van der Waals surface area contributed by atoms with Crippen LogP contribution in [0.2, 0.25) is 5.02 Å². The van der Waals surface area contributed by atoms with Crippen molar-refractivity contribution in [2.24, 2.45) is 0 Å². The number of rotatable bonds is 6. The second-order valence-electron chi connectivity index (χ2n) is 8.43. The first-order valence-corrected chi connectivity index (χ1v) is 11.7. The highest BCUT2D eigenvalue weighted by Gasteiger charge is 2.27. The van der Waals surface area contributed by atoms with Crippen LogP contribution in [0.1, 0.15) is 43.5 Å². The van der Waals surface area contributed by atoms with E-state index < -0.39 is 21.4 Å². The van der Waals surface area contributed by atoms with Crippen LogP contribution >= 0.6 is 11.6 Å². The third-order valence-corrected chi connectivity index (χ3v) is 7.26. The molecule has 2 aromatic carbocycles. The standard InChI is InChI=1S/C25H24ClFN2OS/c1-25(2,3)31(30)16-20(11-18-12-21(26)14-22(27)13-18)24-23(8-5-9-29-24)19-7-4-6-17(10-19)15-28/h4-10,12-14,20H,11,16H2,1-3H3/t20-,31-/m1/s1. The van der Waals surface area contributed by atoms with Crippen LogP contribution in [-0.4, -0.2) is 19.7 Å². The van der Waals surface area contributed by atoms with Gasteiger partial charge in [-0.25, -0.2) is 4.39 Å². The molecule has 1 aromatic heterocycles. The summed E-state index contributed by atoms with van der Waals surface area (Å²) >= 11 is 6.07. The largest absolute Gasteiger partial charge is 0.260 e. The van der Waals surface area contributed by atoms with Crippen LogP contribution in [0.25, 0.3) is 11.1 Å². The second-order valence-corrected chi connectivity index (χ2v) is 11.1. The Balaban J connectivity index is 2.09. The maximum Gasteiger partial charge on any atom is 0.124 e. The molecule has 2 atom stereocenters. The molecule has 1 heterocycles. The van der Waals surface area contributed by atoms with Crippen molar-refractivity contribution in [1.82, 2.24) is 4.98 Å². The maximum atomic E-state index is 14.0. The summed E-state index contributed by atoms with van der Waals surface area (Å²) in [6.45, 7) is 5.82. The summed E-state index contributed by atoms with van der Waals surface area (Å²) in [4.78, 5) is 4.64. The fourth-order valence-electron chi connectivity index (χ4n) is 3.42. The molecule has 0 saturated carbocycles. The van der Waals surface area contributed by atoms with E-state index in [-0.39, 0.29) is 5.92 Å². The van der Waals surface area contributed by atoms with E-state index in [9.17, 15) is 13.9 Å². The smallest absolute Gasteiger partial charge is 0.124 e. The lowest BCUT2D eigenvalue weighted by molar-refractivity contribution is 0.619. The molecule has 160 valence electrons. The van der Waals surface area contributed by atoms with Crippen molar-refractivity contribution in [1.29, 1.82) is 5.26 Å². The number of nitrogens with zero attached hydrogens (tertiary/aromatic N) is 2. The van der Waals surface area contributed by atoms with Gasteiger partial charge in [-0.15, -0.1) is 0 Å². The van der Waals surface area contributed by atoms with E-state index in [1.807, 2.05) is 51.1 Å². The Morgan fingerprint density at radius 2 is 1.94 bits per heavy atom. The number of hydrogen-bond donors (Lipinski definition) is 0. The zero-order valence-corrected chi connectivity index (χ0v) is 19.3. The van der Waals surface area contributed by atoms with Gasteiger partial charge in [-0.2, -0.15) is 5.26 Å². The number of pyridine rings is 1. The molecule has 0 N–H and O–H groups in total. The van der Waals surface area contributed by atoms with Crippen LogP contribution in [0.5, 0.6) is 0 Å². The van der Waals surface area contributed by atoms with E-state index in [4.69, 9.17) is 11.6 Å². The molecule has 0 bridgehead atoms. The Labute approximate surface area is 190 Å². The third kappa shape index (κ3) is 6.00. The van der Waals surface area contributed by atoms with Gasteiger partial charge in [0, 0.05) is 44.0 Å². The number of hydrogen-bond acceptors (Lipinski definition) is 3. The van der Waals surface area contributed by atoms with E-state index in [0.717, 1.165) is 22.4 Å². The predicted octanol–water partition coefficient (Wildman–Crippen LogP) is 6.29.